The number of carbonyl (C=O) groups excluding carboxylic acids is 3. The summed E-state index contributed by atoms with van der Waals surface area (Å²) >= 11 is 0. The monoisotopic (exact) mass is 1030 g/mol. The molecule has 4 aliphatic heterocycles. The SMILES string of the molecule is COC(=O)N[C@H](C(=O)N1CCC[C@H]1c1nc2cc(F)c([C@@H]3CC[C@@H](c4cc5[nH]c([C@@H]6CCCN6C(=O)CC(C)C)nc5cc4F)N3c3cc(F)c(N4CCN(c5c(F)cccc5F)CC4)c(F)c3)cc2[nH]1)C(C)C. The molecule has 6 heterocycles. The molecule has 0 aliphatic carbocycles. The summed E-state index contributed by atoms with van der Waals surface area (Å²) in [5.74, 6) is -4.06. The van der Waals surface area contributed by atoms with Crippen LogP contribution in [0.15, 0.2) is 54.6 Å². The van der Waals surface area contributed by atoms with Crippen molar-refractivity contribution in [1.29, 1.82) is 0 Å². The zero-order valence-electron chi connectivity index (χ0n) is 42.0. The van der Waals surface area contributed by atoms with Crippen molar-refractivity contribution in [3.8, 4) is 0 Å². The van der Waals surface area contributed by atoms with Gasteiger partial charge < -0.3 is 44.5 Å². The van der Waals surface area contributed by atoms with E-state index in [1.807, 2.05) is 32.6 Å². The number of methoxy groups -OCH3 is 1. The van der Waals surface area contributed by atoms with Crippen molar-refractivity contribution in [3.05, 3.63) is 112 Å². The minimum atomic E-state index is -0.927. The average Bonchev–Trinajstić information content (AvgIpc) is 4.22. The number of piperazine rings is 1. The van der Waals surface area contributed by atoms with Gasteiger partial charge in [-0.25, -0.2) is 41.1 Å². The molecule has 4 fully saturated rings. The number of amides is 3. The van der Waals surface area contributed by atoms with Crippen molar-refractivity contribution in [2.24, 2.45) is 11.8 Å². The van der Waals surface area contributed by atoms with Crippen LogP contribution in [0.4, 0.5) is 48.2 Å². The molecule has 0 saturated carbocycles. The fourth-order valence-corrected chi connectivity index (χ4v) is 11.7. The molecule has 0 radical (unpaired) electrons. The second-order valence-electron chi connectivity index (χ2n) is 20.7. The van der Waals surface area contributed by atoms with Crippen molar-refractivity contribution in [2.75, 3.05) is 61.1 Å². The number of nitrogens with zero attached hydrogens (tertiary/aromatic N) is 7. The molecular weight excluding hydrogens is 967 g/mol. The third-order valence-electron chi connectivity index (χ3n) is 15.2. The van der Waals surface area contributed by atoms with Crippen LogP contribution in [0.3, 0.4) is 0 Å². The van der Waals surface area contributed by atoms with E-state index >= 15 is 17.6 Å². The predicted molar refractivity (Wildman–Crippen MR) is 267 cm³/mol. The number of anilines is 3. The molecular formula is C54H60F6N10O4. The van der Waals surface area contributed by atoms with E-state index in [0.717, 1.165) is 30.7 Å². The highest BCUT2D eigenvalue weighted by Crippen LogP contribution is 2.50. The molecule has 3 amide bonds. The van der Waals surface area contributed by atoms with Gasteiger partial charge in [0.05, 0.1) is 53.3 Å². The largest absolute Gasteiger partial charge is 0.453 e. The molecule has 4 aliphatic rings. The van der Waals surface area contributed by atoms with Crippen molar-refractivity contribution >= 4 is 57.0 Å². The fraction of sp³-hybridized carbons (Fsp3) is 0.463. The molecule has 20 heteroatoms. The second kappa shape index (κ2) is 20.4. The zero-order valence-corrected chi connectivity index (χ0v) is 42.0. The number of halogens is 6. The van der Waals surface area contributed by atoms with Gasteiger partial charge in [0.2, 0.25) is 11.8 Å². The molecule has 0 unspecified atom stereocenters. The molecule has 0 bridgehead atoms. The Bertz CT molecular complexity index is 3080. The van der Waals surface area contributed by atoms with Crippen LogP contribution in [0, 0.1) is 46.7 Å². The van der Waals surface area contributed by atoms with Crippen molar-refractivity contribution in [2.45, 2.75) is 103 Å². The lowest BCUT2D eigenvalue weighted by molar-refractivity contribution is -0.135. The number of benzene rings is 4. The Balaban J connectivity index is 1.000. The first kappa shape index (κ1) is 50.5. The Morgan fingerprint density at radius 2 is 1.12 bits per heavy atom. The maximum absolute atomic E-state index is 16.9. The van der Waals surface area contributed by atoms with Gasteiger partial charge in [-0.2, -0.15) is 0 Å². The highest BCUT2D eigenvalue weighted by molar-refractivity contribution is 5.87. The van der Waals surface area contributed by atoms with Gasteiger partial charge >= 0.3 is 6.09 Å². The first-order valence-corrected chi connectivity index (χ1v) is 25.5. The summed E-state index contributed by atoms with van der Waals surface area (Å²) in [6.45, 7) is 8.83. The van der Waals surface area contributed by atoms with E-state index in [9.17, 15) is 23.2 Å². The van der Waals surface area contributed by atoms with E-state index in [4.69, 9.17) is 14.7 Å². The van der Waals surface area contributed by atoms with E-state index in [1.165, 1.54) is 35.1 Å². The maximum Gasteiger partial charge on any atom is 0.407 e. The topological polar surface area (TPSA) is 146 Å². The summed E-state index contributed by atoms with van der Waals surface area (Å²) in [5.41, 5.74) is 1.42. The van der Waals surface area contributed by atoms with E-state index < -0.39 is 65.2 Å². The number of para-hydroxylation sites is 1. The number of rotatable bonds is 12. The number of hydrogen-bond donors (Lipinski definition) is 3. The molecule has 392 valence electrons. The molecule has 4 saturated heterocycles. The normalized spacial score (nSPS) is 20.8. The molecule has 3 N–H and O–H groups in total. The van der Waals surface area contributed by atoms with Gasteiger partial charge in [0.25, 0.3) is 0 Å². The van der Waals surface area contributed by atoms with Gasteiger partial charge in [0.1, 0.15) is 52.3 Å². The van der Waals surface area contributed by atoms with E-state index in [2.05, 4.69) is 15.3 Å². The lowest BCUT2D eigenvalue weighted by Gasteiger charge is -2.38. The third kappa shape index (κ3) is 9.44. The van der Waals surface area contributed by atoms with Crippen molar-refractivity contribution in [3.63, 3.8) is 0 Å². The number of ether oxygens (including phenoxy) is 1. The minimum Gasteiger partial charge on any atom is -0.453 e. The third-order valence-corrected chi connectivity index (χ3v) is 15.2. The number of aromatic nitrogens is 4. The Hall–Kier alpha value is -6.99. The number of alkyl carbamates (subject to hydrolysis) is 1. The maximum atomic E-state index is 16.9. The van der Waals surface area contributed by atoms with Gasteiger partial charge in [-0.1, -0.05) is 33.8 Å². The van der Waals surface area contributed by atoms with Crippen LogP contribution in [-0.4, -0.2) is 100 Å². The Kier molecular flexibility index (Phi) is 13.9. The number of likely N-dealkylation sites (tertiary alicyclic amines) is 2. The number of imidazole rings is 2. The molecule has 4 aromatic carbocycles. The van der Waals surface area contributed by atoms with E-state index in [-0.39, 0.29) is 102 Å². The van der Waals surface area contributed by atoms with Crippen LogP contribution in [0.25, 0.3) is 22.1 Å². The van der Waals surface area contributed by atoms with Crippen LogP contribution < -0.4 is 20.0 Å². The highest BCUT2D eigenvalue weighted by Gasteiger charge is 2.42. The summed E-state index contributed by atoms with van der Waals surface area (Å²) in [6, 6.07) is 8.28. The molecule has 74 heavy (non-hydrogen) atoms. The van der Waals surface area contributed by atoms with Gasteiger partial charge in [-0.15, -0.1) is 0 Å². The summed E-state index contributed by atoms with van der Waals surface area (Å²) in [7, 11) is 1.22. The first-order chi connectivity index (χ1) is 35.5. The smallest absolute Gasteiger partial charge is 0.407 e. The fourth-order valence-electron chi connectivity index (χ4n) is 11.7. The van der Waals surface area contributed by atoms with E-state index in [0.29, 0.717) is 67.0 Å². The first-order valence-electron chi connectivity index (χ1n) is 25.5. The Morgan fingerprint density at radius 1 is 0.635 bits per heavy atom. The number of H-pyrrole nitrogens is 2. The number of fused-ring (bicyclic) bond motifs is 2. The lowest BCUT2D eigenvalue weighted by atomic mass is 10.0. The molecule has 14 nitrogen and oxygen atoms in total. The zero-order chi connectivity index (χ0) is 52.3. The highest BCUT2D eigenvalue weighted by atomic mass is 19.2. The van der Waals surface area contributed by atoms with Gasteiger partial charge in [0, 0.05) is 74.6 Å². The number of nitrogens with one attached hydrogen (secondary N) is 3. The van der Waals surface area contributed by atoms with Gasteiger partial charge in [0.15, 0.2) is 11.6 Å². The number of aromatic amines is 2. The summed E-state index contributed by atoms with van der Waals surface area (Å²) in [6.07, 6.45) is 2.81. The number of hydrogen-bond acceptors (Lipinski definition) is 9. The van der Waals surface area contributed by atoms with Gasteiger partial charge in [-0.05, 0) is 86.8 Å². The predicted octanol–water partition coefficient (Wildman–Crippen LogP) is 10.4. The lowest BCUT2D eigenvalue weighted by Crippen LogP contribution is -2.51. The van der Waals surface area contributed by atoms with Crippen LogP contribution in [0.2, 0.25) is 0 Å². The standard InChI is InChI=1S/C54H60F6N10O4/c1-28(2)21-47(71)68-15-7-11-45(68)51-61-39-24-31(35(57)26-41(39)63-51)43-13-14-44(70(43)30-22-37(59)50(38(60)23-30)67-19-17-66(18-20-67)49-33(55)9-6-10-34(49)56)32-25-40-42(27-36(32)58)64-52(62-40)46-12-8-16-69(46)53(72)48(29(3)4)65-54(73)74-5/h6,9-10,22-29,43-46,48H,7-8,11-21H2,1-5H3,(H,61,63)(H,62,64)(H,65,73)/t43-,44-,45-,46-,48-/m0/s1. The van der Waals surface area contributed by atoms with E-state index in [1.54, 1.807) is 21.9 Å². The molecule has 6 aromatic rings. The summed E-state index contributed by atoms with van der Waals surface area (Å²) in [4.78, 5) is 63.6. The molecule has 5 atom stereocenters. The minimum absolute atomic E-state index is 0.0188. The Labute approximate surface area is 424 Å². The van der Waals surface area contributed by atoms with Crippen LogP contribution in [-0.2, 0) is 14.3 Å². The molecule has 2 aromatic heterocycles. The van der Waals surface area contributed by atoms with Crippen molar-refractivity contribution < 1.29 is 45.5 Å². The van der Waals surface area contributed by atoms with Crippen LogP contribution in [0.1, 0.15) is 120 Å². The summed E-state index contributed by atoms with van der Waals surface area (Å²) in [5, 5.41) is 2.64. The average molecular weight is 1030 g/mol. The van der Waals surface area contributed by atoms with Crippen LogP contribution >= 0.6 is 0 Å². The quantitative estimate of drug-likeness (QED) is 0.102. The Morgan fingerprint density at radius 3 is 1.61 bits per heavy atom. The number of carbonyl (C=O) groups is 3. The van der Waals surface area contributed by atoms with Gasteiger partial charge in [-0.3, -0.25) is 9.59 Å². The van der Waals surface area contributed by atoms with Crippen LogP contribution in [0.5, 0.6) is 0 Å². The molecule has 0 spiro atoms. The molecule has 10 rings (SSSR count). The van der Waals surface area contributed by atoms with Crippen molar-refractivity contribution in [1.82, 2.24) is 35.1 Å². The second-order valence-corrected chi connectivity index (χ2v) is 20.7. The summed E-state index contributed by atoms with van der Waals surface area (Å²) < 4.78 is 101.